The normalized spacial score (nSPS) is 25.6. The predicted octanol–water partition coefficient (Wildman–Crippen LogP) is 1.76. The van der Waals surface area contributed by atoms with Gasteiger partial charge in [-0.05, 0) is 31.8 Å². The highest BCUT2D eigenvalue weighted by Gasteiger charge is 2.17. The van der Waals surface area contributed by atoms with Crippen molar-refractivity contribution in [2.24, 2.45) is 5.92 Å². The zero-order chi connectivity index (χ0) is 9.52. The number of nitrogens with one attached hydrogen (secondary N) is 2. The molecule has 1 unspecified atom stereocenters. The van der Waals surface area contributed by atoms with E-state index in [4.69, 9.17) is 0 Å². The Balaban J connectivity index is 2.35. The lowest BCUT2D eigenvalue weighted by Gasteiger charge is -2.28. The van der Waals surface area contributed by atoms with Crippen LogP contribution in [0.5, 0.6) is 0 Å². The highest BCUT2D eigenvalue weighted by atomic mass is 15.0. The molecule has 0 aromatic heterocycles. The summed E-state index contributed by atoms with van der Waals surface area (Å²) in [5, 5.41) is 7.18. The van der Waals surface area contributed by atoms with E-state index in [0.717, 1.165) is 12.5 Å². The molecule has 0 spiro atoms. The third kappa shape index (κ3) is 3.65. The van der Waals surface area contributed by atoms with Gasteiger partial charge in [-0.2, -0.15) is 0 Å². The summed E-state index contributed by atoms with van der Waals surface area (Å²) in [7, 11) is 0. The van der Waals surface area contributed by atoms with Gasteiger partial charge in [0.25, 0.3) is 0 Å². The molecule has 1 atom stereocenters. The van der Waals surface area contributed by atoms with Crippen molar-refractivity contribution in [3.8, 4) is 0 Å². The van der Waals surface area contributed by atoms with E-state index in [1.165, 1.54) is 38.8 Å². The fourth-order valence-corrected chi connectivity index (χ4v) is 2.18. The number of hydrogen-bond donors (Lipinski definition) is 2. The molecule has 0 amide bonds. The van der Waals surface area contributed by atoms with E-state index in [1.54, 1.807) is 0 Å². The van der Waals surface area contributed by atoms with Crippen LogP contribution in [-0.4, -0.2) is 25.7 Å². The third-order valence-electron chi connectivity index (χ3n) is 3.17. The minimum Gasteiger partial charge on any atom is -0.315 e. The fourth-order valence-electron chi connectivity index (χ4n) is 2.18. The lowest BCUT2D eigenvalue weighted by Crippen LogP contribution is -2.46. The minimum atomic E-state index is 0.704. The molecule has 1 saturated heterocycles. The summed E-state index contributed by atoms with van der Waals surface area (Å²) in [5.41, 5.74) is 0. The zero-order valence-electron chi connectivity index (χ0n) is 9.10. The maximum Gasteiger partial charge on any atom is 0.0220 e. The second-order valence-electron chi connectivity index (χ2n) is 4.05. The molecule has 1 heterocycles. The van der Waals surface area contributed by atoms with Crippen molar-refractivity contribution in [3.05, 3.63) is 0 Å². The summed E-state index contributed by atoms with van der Waals surface area (Å²) in [6.45, 7) is 8.18. The quantitative estimate of drug-likeness (QED) is 0.698. The fraction of sp³-hybridized carbons (Fsp3) is 1.00. The lowest BCUT2D eigenvalue weighted by atomic mass is 9.93. The molecule has 1 aliphatic heterocycles. The largest absolute Gasteiger partial charge is 0.315 e. The molecule has 0 saturated carbocycles. The van der Waals surface area contributed by atoms with Gasteiger partial charge in [-0.3, -0.25) is 0 Å². The van der Waals surface area contributed by atoms with E-state index < -0.39 is 0 Å². The van der Waals surface area contributed by atoms with Crippen LogP contribution in [0.15, 0.2) is 0 Å². The Kier molecular flexibility index (Phi) is 5.40. The van der Waals surface area contributed by atoms with Crippen molar-refractivity contribution < 1.29 is 0 Å². The van der Waals surface area contributed by atoms with Crippen molar-refractivity contribution in [2.45, 2.75) is 45.6 Å². The van der Waals surface area contributed by atoms with Gasteiger partial charge in [0.2, 0.25) is 0 Å². The van der Waals surface area contributed by atoms with Crippen LogP contribution in [0.1, 0.15) is 39.5 Å². The van der Waals surface area contributed by atoms with Crippen molar-refractivity contribution in [1.29, 1.82) is 0 Å². The van der Waals surface area contributed by atoms with Gasteiger partial charge in [0.1, 0.15) is 0 Å². The Morgan fingerprint density at radius 2 is 1.85 bits per heavy atom. The molecule has 1 fully saturated rings. The first-order chi connectivity index (χ1) is 6.38. The maximum absolute atomic E-state index is 3.66. The van der Waals surface area contributed by atoms with Gasteiger partial charge in [0, 0.05) is 12.6 Å². The molecule has 1 aliphatic rings. The Morgan fingerprint density at radius 1 is 1.15 bits per heavy atom. The summed E-state index contributed by atoms with van der Waals surface area (Å²) < 4.78 is 0. The predicted molar refractivity (Wildman–Crippen MR) is 58.0 cm³/mol. The molecule has 0 aromatic rings. The summed E-state index contributed by atoms with van der Waals surface area (Å²) >= 11 is 0. The van der Waals surface area contributed by atoms with Crippen molar-refractivity contribution in [3.63, 3.8) is 0 Å². The zero-order valence-corrected chi connectivity index (χ0v) is 9.10. The van der Waals surface area contributed by atoms with E-state index in [-0.39, 0.29) is 0 Å². The van der Waals surface area contributed by atoms with E-state index >= 15 is 0 Å². The highest BCUT2D eigenvalue weighted by Crippen LogP contribution is 2.13. The van der Waals surface area contributed by atoms with Crippen LogP contribution in [0.2, 0.25) is 0 Å². The SMILES string of the molecule is CCC(CC)C1CNCCCCN1. The van der Waals surface area contributed by atoms with E-state index in [0.29, 0.717) is 6.04 Å². The van der Waals surface area contributed by atoms with Gasteiger partial charge in [0.15, 0.2) is 0 Å². The average Bonchev–Trinajstić information content (AvgIpc) is 2.09. The van der Waals surface area contributed by atoms with Crippen LogP contribution in [0.3, 0.4) is 0 Å². The molecule has 0 radical (unpaired) electrons. The summed E-state index contributed by atoms with van der Waals surface area (Å²) in [5.74, 6) is 0.852. The van der Waals surface area contributed by atoms with Crippen LogP contribution in [0, 0.1) is 5.92 Å². The van der Waals surface area contributed by atoms with E-state index in [9.17, 15) is 0 Å². The van der Waals surface area contributed by atoms with Crippen molar-refractivity contribution >= 4 is 0 Å². The Bertz CT molecular complexity index is 113. The summed E-state index contributed by atoms with van der Waals surface area (Å²) in [4.78, 5) is 0. The molecule has 0 aliphatic carbocycles. The van der Waals surface area contributed by atoms with Crippen LogP contribution >= 0.6 is 0 Å². The van der Waals surface area contributed by atoms with Gasteiger partial charge in [-0.25, -0.2) is 0 Å². The smallest absolute Gasteiger partial charge is 0.0220 e. The number of rotatable bonds is 3. The topological polar surface area (TPSA) is 24.1 Å². The maximum atomic E-state index is 3.66. The van der Waals surface area contributed by atoms with E-state index in [1.807, 2.05) is 0 Å². The van der Waals surface area contributed by atoms with Gasteiger partial charge in [0.05, 0.1) is 0 Å². The van der Waals surface area contributed by atoms with Crippen LogP contribution in [-0.2, 0) is 0 Å². The molecular formula is C11H24N2. The van der Waals surface area contributed by atoms with Crippen molar-refractivity contribution in [2.75, 3.05) is 19.6 Å². The van der Waals surface area contributed by atoms with Gasteiger partial charge >= 0.3 is 0 Å². The van der Waals surface area contributed by atoms with Crippen LogP contribution in [0.4, 0.5) is 0 Å². The van der Waals surface area contributed by atoms with Gasteiger partial charge in [-0.15, -0.1) is 0 Å². The van der Waals surface area contributed by atoms with Gasteiger partial charge in [-0.1, -0.05) is 26.7 Å². The average molecular weight is 184 g/mol. The molecule has 13 heavy (non-hydrogen) atoms. The molecule has 0 bridgehead atoms. The van der Waals surface area contributed by atoms with Gasteiger partial charge < -0.3 is 10.6 Å². The summed E-state index contributed by atoms with van der Waals surface area (Å²) in [6.07, 6.45) is 5.25. The Hall–Kier alpha value is -0.0800. The second-order valence-corrected chi connectivity index (χ2v) is 4.05. The third-order valence-corrected chi connectivity index (χ3v) is 3.17. The van der Waals surface area contributed by atoms with Crippen LogP contribution in [0.25, 0.3) is 0 Å². The molecule has 2 N–H and O–H groups in total. The first-order valence-electron chi connectivity index (χ1n) is 5.82. The molecule has 2 nitrogen and oxygen atoms in total. The second kappa shape index (κ2) is 6.39. The first kappa shape index (κ1) is 11.0. The Labute approximate surface area is 82.5 Å². The van der Waals surface area contributed by atoms with Crippen molar-refractivity contribution in [1.82, 2.24) is 10.6 Å². The minimum absolute atomic E-state index is 0.704. The Morgan fingerprint density at radius 3 is 2.54 bits per heavy atom. The monoisotopic (exact) mass is 184 g/mol. The highest BCUT2D eigenvalue weighted by molar-refractivity contribution is 4.78. The molecule has 0 aromatic carbocycles. The molecule has 2 heteroatoms. The molecule has 78 valence electrons. The van der Waals surface area contributed by atoms with Crippen LogP contribution < -0.4 is 10.6 Å². The first-order valence-corrected chi connectivity index (χ1v) is 5.82. The number of hydrogen-bond acceptors (Lipinski definition) is 2. The molecular weight excluding hydrogens is 160 g/mol. The standard InChI is InChI=1S/C11H24N2/c1-3-10(4-2)11-9-12-7-5-6-8-13-11/h10-13H,3-9H2,1-2H3. The molecule has 1 rings (SSSR count). The lowest BCUT2D eigenvalue weighted by molar-refractivity contribution is 0.307. The summed E-state index contributed by atoms with van der Waals surface area (Å²) in [6, 6.07) is 0.704. The van der Waals surface area contributed by atoms with E-state index in [2.05, 4.69) is 24.5 Å².